The van der Waals surface area contributed by atoms with Gasteiger partial charge in [-0.2, -0.15) is 11.8 Å². The second-order valence-electron chi connectivity index (χ2n) is 5.01. The maximum absolute atomic E-state index is 11.5. The van der Waals surface area contributed by atoms with E-state index >= 15 is 0 Å². The van der Waals surface area contributed by atoms with E-state index in [2.05, 4.69) is 10.2 Å². The molecular weight excluding hydrogens is 274 g/mol. The van der Waals surface area contributed by atoms with E-state index in [9.17, 15) is 4.79 Å². The van der Waals surface area contributed by atoms with E-state index in [1.54, 1.807) is 12.1 Å². The molecule has 1 aliphatic heterocycles. The summed E-state index contributed by atoms with van der Waals surface area (Å²) in [6.07, 6.45) is 5.31. The molecule has 2 aromatic heterocycles. The fourth-order valence-corrected chi connectivity index (χ4v) is 3.74. The zero-order chi connectivity index (χ0) is 13.9. The summed E-state index contributed by atoms with van der Waals surface area (Å²) in [5.41, 5.74) is 1.21. The third kappa shape index (κ3) is 2.65. The summed E-state index contributed by atoms with van der Waals surface area (Å²) in [5.74, 6) is 3.82. The molecule has 3 heterocycles. The highest BCUT2D eigenvalue weighted by atomic mass is 32.2. The average molecular weight is 291 g/mol. The van der Waals surface area contributed by atoms with Crippen molar-refractivity contribution in [1.29, 1.82) is 0 Å². The van der Waals surface area contributed by atoms with Crippen LogP contribution < -0.4 is 0 Å². The lowest BCUT2D eigenvalue weighted by atomic mass is 9.98. The van der Waals surface area contributed by atoms with Crippen molar-refractivity contribution in [2.75, 3.05) is 18.6 Å². The van der Waals surface area contributed by atoms with Gasteiger partial charge in [0, 0.05) is 12.6 Å². The Kier molecular flexibility index (Phi) is 3.91. The normalized spacial score (nSPS) is 16.4. The Morgan fingerprint density at radius 3 is 3.00 bits per heavy atom. The van der Waals surface area contributed by atoms with Crippen LogP contribution in [0.25, 0.3) is 5.65 Å². The number of ether oxygens (including phenoxy) is 1. The van der Waals surface area contributed by atoms with Crippen molar-refractivity contribution in [3.05, 3.63) is 29.7 Å². The van der Waals surface area contributed by atoms with Gasteiger partial charge in [-0.05, 0) is 42.4 Å². The van der Waals surface area contributed by atoms with Crippen LogP contribution in [-0.2, 0) is 11.2 Å². The molecule has 0 bridgehead atoms. The highest BCUT2D eigenvalue weighted by Gasteiger charge is 2.18. The van der Waals surface area contributed by atoms with Crippen LogP contribution in [0.5, 0.6) is 0 Å². The SMILES string of the molecule is COC(=O)c1ccn2c(CC3CCSCC3)nnc2c1. The van der Waals surface area contributed by atoms with Crippen molar-refractivity contribution >= 4 is 23.4 Å². The number of rotatable bonds is 3. The molecule has 0 saturated carbocycles. The lowest BCUT2D eigenvalue weighted by Gasteiger charge is -2.20. The summed E-state index contributed by atoms with van der Waals surface area (Å²) >= 11 is 2.03. The van der Waals surface area contributed by atoms with E-state index in [-0.39, 0.29) is 5.97 Å². The topological polar surface area (TPSA) is 56.5 Å². The second kappa shape index (κ2) is 5.83. The zero-order valence-corrected chi connectivity index (χ0v) is 12.2. The number of methoxy groups -OCH3 is 1. The largest absolute Gasteiger partial charge is 0.465 e. The fourth-order valence-electron chi connectivity index (χ4n) is 2.53. The van der Waals surface area contributed by atoms with Gasteiger partial charge in [-0.25, -0.2) is 4.79 Å². The molecule has 6 heteroatoms. The molecule has 0 amide bonds. The molecule has 0 unspecified atom stereocenters. The van der Waals surface area contributed by atoms with Crippen molar-refractivity contribution in [2.45, 2.75) is 19.3 Å². The number of hydrogen-bond donors (Lipinski definition) is 0. The van der Waals surface area contributed by atoms with Crippen molar-refractivity contribution in [1.82, 2.24) is 14.6 Å². The summed E-state index contributed by atoms with van der Waals surface area (Å²) in [6.45, 7) is 0. The first-order valence-electron chi connectivity index (χ1n) is 6.77. The molecule has 20 heavy (non-hydrogen) atoms. The number of carbonyl (C=O) groups excluding carboxylic acids is 1. The summed E-state index contributed by atoms with van der Waals surface area (Å²) < 4.78 is 6.68. The molecule has 3 rings (SSSR count). The number of nitrogens with zero attached hydrogens (tertiary/aromatic N) is 3. The van der Waals surface area contributed by atoms with Gasteiger partial charge in [-0.3, -0.25) is 4.40 Å². The van der Waals surface area contributed by atoms with Crippen LogP contribution in [0.2, 0.25) is 0 Å². The Hall–Kier alpha value is -1.56. The molecule has 5 nitrogen and oxygen atoms in total. The van der Waals surface area contributed by atoms with Crippen LogP contribution in [-0.4, -0.2) is 39.2 Å². The minimum absolute atomic E-state index is 0.346. The molecule has 1 saturated heterocycles. The maximum Gasteiger partial charge on any atom is 0.338 e. The molecular formula is C14H17N3O2S. The van der Waals surface area contributed by atoms with Crippen molar-refractivity contribution < 1.29 is 9.53 Å². The van der Waals surface area contributed by atoms with E-state index in [0.717, 1.165) is 12.2 Å². The molecule has 1 aliphatic rings. The predicted molar refractivity (Wildman–Crippen MR) is 78.1 cm³/mol. The highest BCUT2D eigenvalue weighted by Crippen LogP contribution is 2.25. The van der Waals surface area contributed by atoms with E-state index in [4.69, 9.17) is 4.74 Å². The minimum atomic E-state index is -0.346. The maximum atomic E-state index is 11.5. The van der Waals surface area contributed by atoms with Crippen molar-refractivity contribution in [3.8, 4) is 0 Å². The first-order chi connectivity index (χ1) is 9.78. The Morgan fingerprint density at radius 1 is 1.45 bits per heavy atom. The summed E-state index contributed by atoms with van der Waals surface area (Å²) in [6, 6.07) is 3.47. The highest BCUT2D eigenvalue weighted by molar-refractivity contribution is 7.99. The van der Waals surface area contributed by atoms with Crippen molar-refractivity contribution in [3.63, 3.8) is 0 Å². The van der Waals surface area contributed by atoms with Gasteiger partial charge in [0.05, 0.1) is 12.7 Å². The Morgan fingerprint density at radius 2 is 2.25 bits per heavy atom. The van der Waals surface area contributed by atoms with Gasteiger partial charge < -0.3 is 4.74 Å². The van der Waals surface area contributed by atoms with Crippen molar-refractivity contribution in [2.24, 2.45) is 5.92 Å². The second-order valence-corrected chi connectivity index (χ2v) is 6.24. The van der Waals surface area contributed by atoms with Crippen LogP contribution in [0, 0.1) is 5.92 Å². The number of pyridine rings is 1. The minimum Gasteiger partial charge on any atom is -0.465 e. The molecule has 0 spiro atoms. The van der Waals surface area contributed by atoms with Gasteiger partial charge in [0.15, 0.2) is 5.65 Å². The first kappa shape index (κ1) is 13.4. The lowest BCUT2D eigenvalue weighted by molar-refractivity contribution is 0.0600. The Labute approximate surface area is 121 Å². The number of esters is 1. The van der Waals surface area contributed by atoms with Gasteiger partial charge in [0.25, 0.3) is 0 Å². The number of carbonyl (C=O) groups is 1. The molecule has 1 fully saturated rings. The fraction of sp³-hybridized carbons (Fsp3) is 0.500. The number of fused-ring (bicyclic) bond motifs is 1. The molecule has 0 radical (unpaired) electrons. The van der Waals surface area contributed by atoms with E-state index in [1.807, 2.05) is 22.4 Å². The van der Waals surface area contributed by atoms with Crippen LogP contribution >= 0.6 is 11.8 Å². The van der Waals surface area contributed by atoms with E-state index < -0.39 is 0 Å². The predicted octanol–water partition coefficient (Wildman–Crippen LogP) is 2.20. The third-order valence-electron chi connectivity index (χ3n) is 3.71. The standard InChI is InChI=1S/C14H17N3O2S/c1-19-14(18)11-2-5-17-12(15-16-13(17)9-11)8-10-3-6-20-7-4-10/h2,5,9-10H,3-4,6-8H2,1H3. The van der Waals surface area contributed by atoms with Gasteiger partial charge in [0.1, 0.15) is 5.82 Å². The summed E-state index contributed by atoms with van der Waals surface area (Å²) in [5, 5.41) is 8.43. The van der Waals surface area contributed by atoms with Gasteiger partial charge in [0.2, 0.25) is 0 Å². The molecule has 106 valence electrons. The molecule has 0 aromatic carbocycles. The summed E-state index contributed by atoms with van der Waals surface area (Å²) in [4.78, 5) is 11.5. The average Bonchev–Trinajstić information content (AvgIpc) is 2.90. The quantitative estimate of drug-likeness (QED) is 0.811. The van der Waals surface area contributed by atoms with Gasteiger partial charge in [-0.15, -0.1) is 10.2 Å². The van der Waals surface area contributed by atoms with Crippen LogP contribution in [0.1, 0.15) is 29.0 Å². The molecule has 0 N–H and O–H groups in total. The number of hydrogen-bond acceptors (Lipinski definition) is 5. The molecule has 0 atom stereocenters. The lowest BCUT2D eigenvalue weighted by Crippen LogP contribution is -2.14. The molecule has 0 aliphatic carbocycles. The third-order valence-corrected chi connectivity index (χ3v) is 4.76. The summed E-state index contributed by atoms with van der Waals surface area (Å²) in [7, 11) is 1.38. The van der Waals surface area contributed by atoms with Crippen LogP contribution in [0.3, 0.4) is 0 Å². The number of aromatic nitrogens is 3. The van der Waals surface area contributed by atoms with Gasteiger partial charge >= 0.3 is 5.97 Å². The molecule has 2 aromatic rings. The van der Waals surface area contributed by atoms with E-state index in [1.165, 1.54) is 31.5 Å². The zero-order valence-electron chi connectivity index (χ0n) is 11.4. The van der Waals surface area contributed by atoms with Crippen LogP contribution in [0.4, 0.5) is 0 Å². The van der Waals surface area contributed by atoms with Gasteiger partial charge in [-0.1, -0.05) is 0 Å². The Balaban J connectivity index is 1.84. The smallest absolute Gasteiger partial charge is 0.338 e. The Bertz CT molecular complexity index is 620. The van der Waals surface area contributed by atoms with Crippen LogP contribution in [0.15, 0.2) is 18.3 Å². The van der Waals surface area contributed by atoms with E-state index in [0.29, 0.717) is 17.1 Å². The monoisotopic (exact) mass is 291 g/mol. The number of thioether (sulfide) groups is 1. The first-order valence-corrected chi connectivity index (χ1v) is 7.93.